The first-order valence-electron chi connectivity index (χ1n) is 2.12. The molecular formula is C3H7NO4S. The summed E-state index contributed by atoms with van der Waals surface area (Å²) >= 11 is 0. The van der Waals surface area contributed by atoms with Gasteiger partial charge in [0.1, 0.15) is 6.29 Å². The molecule has 54 valence electrons. The highest BCUT2D eigenvalue weighted by atomic mass is 32.2. The number of nitrogens with two attached hydrogens (primary N) is 1. The zero-order valence-corrected chi connectivity index (χ0v) is 5.34. The van der Waals surface area contributed by atoms with E-state index >= 15 is 0 Å². The third-order valence-electron chi connectivity index (χ3n) is 0.578. The van der Waals surface area contributed by atoms with Gasteiger partial charge in [-0.15, -0.1) is 0 Å². The van der Waals surface area contributed by atoms with E-state index in [1.807, 2.05) is 0 Å². The van der Waals surface area contributed by atoms with Crippen LogP contribution in [-0.4, -0.2) is 31.1 Å². The first kappa shape index (κ1) is 8.54. The predicted molar refractivity (Wildman–Crippen MR) is 30.5 cm³/mol. The molecule has 0 spiro atoms. The molecule has 0 saturated heterocycles. The molecule has 9 heavy (non-hydrogen) atoms. The van der Waals surface area contributed by atoms with Gasteiger partial charge in [0.2, 0.25) is 0 Å². The second kappa shape index (κ2) is 2.90. The molecule has 0 bridgehead atoms. The van der Waals surface area contributed by atoms with Crippen LogP contribution in [0.3, 0.4) is 0 Å². The standard InChI is InChI=1S/C3H7NO4S/c4-3(1-5)2-9(6,7)8/h1,3H,2,4H2,(H,6,7,8)/t3-/m1/s1. The van der Waals surface area contributed by atoms with E-state index in [-0.39, 0.29) is 6.29 Å². The van der Waals surface area contributed by atoms with Gasteiger partial charge in [0.25, 0.3) is 10.1 Å². The van der Waals surface area contributed by atoms with Crippen LogP contribution >= 0.6 is 0 Å². The Morgan fingerprint density at radius 2 is 2.11 bits per heavy atom. The van der Waals surface area contributed by atoms with Gasteiger partial charge in [-0.05, 0) is 0 Å². The minimum atomic E-state index is -4.09. The lowest BCUT2D eigenvalue weighted by molar-refractivity contribution is -0.108. The summed E-state index contributed by atoms with van der Waals surface area (Å²) in [6.45, 7) is 0. The van der Waals surface area contributed by atoms with E-state index in [0.717, 1.165) is 0 Å². The Hall–Kier alpha value is -0.460. The first-order valence-corrected chi connectivity index (χ1v) is 3.72. The van der Waals surface area contributed by atoms with Gasteiger partial charge in [0.15, 0.2) is 0 Å². The van der Waals surface area contributed by atoms with Gasteiger partial charge < -0.3 is 10.5 Å². The predicted octanol–water partition coefficient (Wildman–Crippen LogP) is -1.60. The smallest absolute Gasteiger partial charge is 0.266 e. The van der Waals surface area contributed by atoms with Crippen LogP contribution in [0.1, 0.15) is 0 Å². The van der Waals surface area contributed by atoms with E-state index < -0.39 is 21.9 Å². The van der Waals surface area contributed by atoms with E-state index in [1.54, 1.807) is 0 Å². The SMILES string of the molecule is N[C@H](C=O)CS(=O)(=O)O. The Kier molecular flexibility index (Phi) is 2.75. The minimum Gasteiger partial charge on any atom is -0.321 e. The molecule has 0 aliphatic carbocycles. The minimum absolute atomic E-state index is 0.258. The largest absolute Gasteiger partial charge is 0.321 e. The van der Waals surface area contributed by atoms with Crippen LogP contribution in [0.5, 0.6) is 0 Å². The molecule has 0 rings (SSSR count). The van der Waals surface area contributed by atoms with Crippen molar-refractivity contribution in [3.8, 4) is 0 Å². The average Bonchev–Trinajstić information content (AvgIpc) is 1.62. The highest BCUT2D eigenvalue weighted by Gasteiger charge is 2.10. The van der Waals surface area contributed by atoms with Crippen LogP contribution < -0.4 is 5.73 Å². The van der Waals surface area contributed by atoms with Crippen LogP contribution in [0, 0.1) is 0 Å². The molecule has 0 aromatic heterocycles. The van der Waals surface area contributed by atoms with Gasteiger partial charge >= 0.3 is 0 Å². The zero-order valence-electron chi connectivity index (χ0n) is 4.52. The summed E-state index contributed by atoms with van der Waals surface area (Å²) in [5.74, 6) is -0.712. The number of rotatable bonds is 3. The molecule has 1 atom stereocenters. The molecule has 0 aliphatic rings. The highest BCUT2D eigenvalue weighted by molar-refractivity contribution is 7.85. The van der Waals surface area contributed by atoms with Crippen LogP contribution in [0.15, 0.2) is 0 Å². The van der Waals surface area contributed by atoms with Crippen molar-refractivity contribution in [2.75, 3.05) is 5.75 Å². The zero-order chi connectivity index (χ0) is 7.49. The third kappa shape index (κ3) is 5.41. The monoisotopic (exact) mass is 153 g/mol. The maximum Gasteiger partial charge on any atom is 0.266 e. The lowest BCUT2D eigenvalue weighted by Crippen LogP contribution is -2.30. The van der Waals surface area contributed by atoms with Crippen molar-refractivity contribution in [2.45, 2.75) is 6.04 Å². The molecule has 5 nitrogen and oxygen atoms in total. The number of hydrogen-bond donors (Lipinski definition) is 2. The van der Waals surface area contributed by atoms with E-state index in [1.165, 1.54) is 0 Å². The van der Waals surface area contributed by atoms with Crippen molar-refractivity contribution in [1.29, 1.82) is 0 Å². The Labute approximate surface area is 52.6 Å². The number of carbonyl (C=O) groups is 1. The molecule has 0 saturated carbocycles. The van der Waals surface area contributed by atoms with Crippen LogP contribution in [-0.2, 0) is 14.9 Å². The van der Waals surface area contributed by atoms with Gasteiger partial charge in [-0.1, -0.05) is 0 Å². The van der Waals surface area contributed by atoms with Crippen LogP contribution in [0.2, 0.25) is 0 Å². The Bertz CT molecular complexity index is 184. The Balaban J connectivity index is 3.89. The Morgan fingerprint density at radius 1 is 1.67 bits per heavy atom. The first-order chi connectivity index (χ1) is 3.95. The van der Waals surface area contributed by atoms with Gasteiger partial charge in [0, 0.05) is 0 Å². The molecule has 0 aliphatic heterocycles. The Morgan fingerprint density at radius 3 is 2.22 bits per heavy atom. The summed E-state index contributed by atoms with van der Waals surface area (Å²) in [5, 5.41) is 0. The van der Waals surface area contributed by atoms with Crippen LogP contribution in [0.25, 0.3) is 0 Å². The number of aldehydes is 1. The molecule has 6 heteroatoms. The van der Waals surface area contributed by atoms with Crippen molar-refractivity contribution in [3.63, 3.8) is 0 Å². The van der Waals surface area contributed by atoms with Gasteiger partial charge in [0.05, 0.1) is 11.8 Å². The number of hydrogen-bond acceptors (Lipinski definition) is 4. The van der Waals surface area contributed by atoms with Crippen molar-refractivity contribution in [1.82, 2.24) is 0 Å². The second-order valence-electron chi connectivity index (χ2n) is 1.55. The van der Waals surface area contributed by atoms with Crippen molar-refractivity contribution < 1.29 is 17.8 Å². The topological polar surface area (TPSA) is 97.5 Å². The molecule has 0 fully saturated rings. The van der Waals surface area contributed by atoms with Crippen LogP contribution in [0.4, 0.5) is 0 Å². The van der Waals surface area contributed by atoms with E-state index in [9.17, 15) is 13.2 Å². The average molecular weight is 153 g/mol. The molecule has 0 aromatic carbocycles. The summed E-state index contributed by atoms with van der Waals surface area (Å²) in [4.78, 5) is 9.68. The fourth-order valence-corrected chi connectivity index (χ4v) is 0.847. The van der Waals surface area contributed by atoms with E-state index in [4.69, 9.17) is 10.3 Å². The lowest BCUT2D eigenvalue weighted by Gasteiger charge is -1.97. The van der Waals surface area contributed by atoms with Crippen molar-refractivity contribution in [3.05, 3.63) is 0 Å². The second-order valence-corrected chi connectivity index (χ2v) is 3.05. The normalized spacial score (nSPS) is 14.9. The maximum absolute atomic E-state index is 9.92. The maximum atomic E-state index is 9.92. The molecule has 0 heterocycles. The highest BCUT2D eigenvalue weighted by Crippen LogP contribution is 1.82. The van der Waals surface area contributed by atoms with Crippen molar-refractivity contribution in [2.24, 2.45) is 5.73 Å². The van der Waals surface area contributed by atoms with E-state index in [2.05, 4.69) is 0 Å². The lowest BCUT2D eigenvalue weighted by atomic mass is 10.4. The fourth-order valence-electron chi connectivity index (χ4n) is 0.282. The summed E-state index contributed by atoms with van der Waals surface area (Å²) in [6.07, 6.45) is 0.258. The summed E-state index contributed by atoms with van der Waals surface area (Å²) in [7, 11) is -4.09. The van der Waals surface area contributed by atoms with E-state index in [0.29, 0.717) is 0 Å². The van der Waals surface area contributed by atoms with Crippen molar-refractivity contribution >= 4 is 16.4 Å². The van der Waals surface area contributed by atoms with Gasteiger partial charge in [-0.3, -0.25) is 4.55 Å². The molecular weight excluding hydrogens is 146 g/mol. The molecule has 3 N–H and O–H groups in total. The van der Waals surface area contributed by atoms with Gasteiger partial charge in [-0.2, -0.15) is 8.42 Å². The molecule has 0 amide bonds. The quantitative estimate of drug-likeness (QED) is 0.376. The van der Waals surface area contributed by atoms with Gasteiger partial charge in [-0.25, -0.2) is 0 Å². The molecule has 0 radical (unpaired) electrons. The third-order valence-corrected chi connectivity index (χ3v) is 1.38. The fraction of sp³-hybridized carbons (Fsp3) is 0.667. The molecule has 0 unspecified atom stereocenters. The summed E-state index contributed by atoms with van der Waals surface area (Å²) < 4.78 is 27.9. The summed E-state index contributed by atoms with van der Waals surface area (Å²) in [5.41, 5.74) is 4.85. The molecule has 0 aromatic rings. The summed E-state index contributed by atoms with van der Waals surface area (Å²) in [6, 6.07) is -1.13. The number of carbonyl (C=O) groups excluding carboxylic acids is 1.